The molecule has 0 atom stereocenters. The van der Waals surface area contributed by atoms with Crippen molar-refractivity contribution in [3.63, 3.8) is 0 Å². The molecule has 0 radical (unpaired) electrons. The molecule has 4 nitrogen and oxygen atoms in total. The first-order chi connectivity index (χ1) is 7.17. The molecule has 82 valence electrons. The summed E-state index contributed by atoms with van der Waals surface area (Å²) in [5, 5.41) is 11.7. The van der Waals surface area contributed by atoms with Crippen LogP contribution in [-0.4, -0.2) is 25.2 Å². The number of methoxy groups -OCH3 is 1. The molecule has 0 saturated carbocycles. The highest BCUT2D eigenvalue weighted by molar-refractivity contribution is 5.70. The van der Waals surface area contributed by atoms with E-state index in [1.807, 2.05) is 13.1 Å². The van der Waals surface area contributed by atoms with Gasteiger partial charge in [0.1, 0.15) is 5.75 Å². The van der Waals surface area contributed by atoms with Crippen LogP contribution in [0, 0.1) is 0 Å². The Morgan fingerprint density at radius 3 is 2.73 bits per heavy atom. The summed E-state index contributed by atoms with van der Waals surface area (Å²) in [6, 6.07) is 5.42. The van der Waals surface area contributed by atoms with Crippen molar-refractivity contribution in [2.24, 2.45) is 0 Å². The fourth-order valence-corrected chi connectivity index (χ4v) is 1.42. The molecule has 4 heteroatoms. The molecule has 0 saturated heterocycles. The van der Waals surface area contributed by atoms with Crippen molar-refractivity contribution in [3.05, 3.63) is 29.3 Å². The Kier molecular flexibility index (Phi) is 4.12. The van der Waals surface area contributed by atoms with Gasteiger partial charge in [0.15, 0.2) is 0 Å². The Labute approximate surface area is 88.9 Å². The second-order valence-corrected chi connectivity index (χ2v) is 3.24. The van der Waals surface area contributed by atoms with Gasteiger partial charge >= 0.3 is 5.97 Å². The fraction of sp³-hybridized carbons (Fsp3) is 0.364. The van der Waals surface area contributed by atoms with Crippen LogP contribution in [-0.2, 0) is 17.8 Å². The van der Waals surface area contributed by atoms with Gasteiger partial charge in [-0.1, -0.05) is 6.07 Å². The van der Waals surface area contributed by atoms with E-state index in [-0.39, 0.29) is 6.42 Å². The van der Waals surface area contributed by atoms with E-state index in [9.17, 15) is 4.79 Å². The summed E-state index contributed by atoms with van der Waals surface area (Å²) in [5.41, 5.74) is 1.77. The number of rotatable bonds is 5. The zero-order valence-electron chi connectivity index (χ0n) is 8.91. The number of carboxylic acids is 1. The molecule has 0 amide bonds. The molecule has 0 fully saturated rings. The molecule has 0 aliphatic rings. The third kappa shape index (κ3) is 3.25. The number of aliphatic carboxylic acids is 1. The number of hydrogen-bond donors (Lipinski definition) is 2. The molecule has 0 heterocycles. The first-order valence-electron chi connectivity index (χ1n) is 4.69. The van der Waals surface area contributed by atoms with Gasteiger partial charge in [-0.15, -0.1) is 0 Å². The van der Waals surface area contributed by atoms with Crippen LogP contribution < -0.4 is 10.1 Å². The van der Waals surface area contributed by atoms with Gasteiger partial charge in [0.05, 0.1) is 13.5 Å². The van der Waals surface area contributed by atoms with Crippen molar-refractivity contribution < 1.29 is 14.6 Å². The van der Waals surface area contributed by atoms with Gasteiger partial charge in [0.25, 0.3) is 0 Å². The molecule has 1 aromatic carbocycles. The van der Waals surface area contributed by atoms with Gasteiger partial charge in [-0.25, -0.2) is 0 Å². The summed E-state index contributed by atoms with van der Waals surface area (Å²) < 4.78 is 5.09. The summed E-state index contributed by atoms with van der Waals surface area (Å²) in [6.07, 6.45) is 0.0427. The van der Waals surface area contributed by atoms with E-state index in [2.05, 4.69) is 5.32 Å². The lowest BCUT2D eigenvalue weighted by Gasteiger charge is -2.09. The number of ether oxygens (including phenoxy) is 1. The highest BCUT2D eigenvalue weighted by atomic mass is 16.5. The maximum atomic E-state index is 10.6. The van der Waals surface area contributed by atoms with E-state index >= 15 is 0 Å². The average Bonchev–Trinajstić information content (AvgIpc) is 2.20. The van der Waals surface area contributed by atoms with E-state index in [4.69, 9.17) is 9.84 Å². The van der Waals surface area contributed by atoms with Crippen molar-refractivity contribution in [1.82, 2.24) is 5.32 Å². The first kappa shape index (κ1) is 11.5. The SMILES string of the molecule is CNCc1cc(OC)ccc1CC(=O)O. The molecule has 0 unspecified atom stereocenters. The van der Waals surface area contributed by atoms with E-state index < -0.39 is 5.97 Å². The van der Waals surface area contributed by atoms with Crippen molar-refractivity contribution in [1.29, 1.82) is 0 Å². The minimum absolute atomic E-state index is 0.0427. The standard InChI is InChI=1S/C11H15NO3/c1-12-7-9-5-10(15-2)4-3-8(9)6-11(13)14/h3-5,12H,6-7H2,1-2H3,(H,13,14). The second kappa shape index (κ2) is 5.36. The summed E-state index contributed by atoms with van der Waals surface area (Å²) in [5.74, 6) is -0.0769. The summed E-state index contributed by atoms with van der Waals surface area (Å²) >= 11 is 0. The van der Waals surface area contributed by atoms with Gasteiger partial charge in [0.2, 0.25) is 0 Å². The van der Waals surface area contributed by atoms with Crippen LogP contribution >= 0.6 is 0 Å². The molecule has 0 aliphatic carbocycles. The zero-order valence-corrected chi connectivity index (χ0v) is 8.91. The second-order valence-electron chi connectivity index (χ2n) is 3.24. The fourth-order valence-electron chi connectivity index (χ4n) is 1.42. The average molecular weight is 209 g/mol. The molecule has 0 spiro atoms. The molecular formula is C11H15NO3. The molecule has 0 aromatic heterocycles. The van der Waals surface area contributed by atoms with Crippen LogP contribution in [0.3, 0.4) is 0 Å². The van der Waals surface area contributed by atoms with E-state index in [1.54, 1.807) is 19.2 Å². The van der Waals surface area contributed by atoms with E-state index in [1.165, 1.54) is 0 Å². The lowest BCUT2D eigenvalue weighted by Crippen LogP contribution is -2.10. The van der Waals surface area contributed by atoms with Gasteiger partial charge in [-0.3, -0.25) is 4.79 Å². The van der Waals surface area contributed by atoms with Crippen LogP contribution in [0.25, 0.3) is 0 Å². The summed E-state index contributed by atoms with van der Waals surface area (Å²) in [4.78, 5) is 10.6. The van der Waals surface area contributed by atoms with E-state index in [0.717, 1.165) is 16.9 Å². The van der Waals surface area contributed by atoms with Gasteiger partial charge in [0, 0.05) is 6.54 Å². The lowest BCUT2D eigenvalue weighted by molar-refractivity contribution is -0.136. The third-order valence-electron chi connectivity index (χ3n) is 2.12. The van der Waals surface area contributed by atoms with Crippen LogP contribution in [0.4, 0.5) is 0 Å². The lowest BCUT2D eigenvalue weighted by atomic mass is 10.0. The number of hydrogen-bond acceptors (Lipinski definition) is 3. The number of benzene rings is 1. The maximum Gasteiger partial charge on any atom is 0.307 e. The largest absolute Gasteiger partial charge is 0.497 e. The van der Waals surface area contributed by atoms with Crippen molar-refractivity contribution >= 4 is 5.97 Å². The minimum atomic E-state index is -0.822. The monoisotopic (exact) mass is 209 g/mol. The maximum absolute atomic E-state index is 10.6. The zero-order chi connectivity index (χ0) is 11.3. The predicted octanol–water partition coefficient (Wildman–Crippen LogP) is 1.04. The molecule has 15 heavy (non-hydrogen) atoms. The van der Waals surface area contributed by atoms with Crippen LogP contribution in [0.15, 0.2) is 18.2 Å². The Morgan fingerprint density at radius 1 is 1.47 bits per heavy atom. The molecule has 0 bridgehead atoms. The van der Waals surface area contributed by atoms with Gasteiger partial charge in [-0.05, 0) is 30.3 Å². The van der Waals surface area contributed by atoms with Crippen LogP contribution in [0.5, 0.6) is 5.75 Å². The first-order valence-corrected chi connectivity index (χ1v) is 4.69. The Bertz CT molecular complexity index is 350. The van der Waals surface area contributed by atoms with Gasteiger partial charge in [-0.2, -0.15) is 0 Å². The number of carbonyl (C=O) groups is 1. The minimum Gasteiger partial charge on any atom is -0.497 e. The highest BCUT2D eigenvalue weighted by Crippen LogP contribution is 2.18. The quantitative estimate of drug-likeness (QED) is 0.760. The Balaban J connectivity index is 2.97. The third-order valence-corrected chi connectivity index (χ3v) is 2.12. The number of nitrogens with one attached hydrogen (secondary N) is 1. The highest BCUT2D eigenvalue weighted by Gasteiger charge is 2.07. The molecule has 1 rings (SSSR count). The Hall–Kier alpha value is -1.55. The Morgan fingerprint density at radius 2 is 2.20 bits per heavy atom. The van der Waals surface area contributed by atoms with Crippen molar-refractivity contribution in [2.75, 3.05) is 14.2 Å². The molecular weight excluding hydrogens is 194 g/mol. The predicted molar refractivity (Wildman–Crippen MR) is 57.1 cm³/mol. The molecule has 1 aromatic rings. The van der Waals surface area contributed by atoms with Gasteiger partial charge < -0.3 is 15.2 Å². The summed E-state index contributed by atoms with van der Waals surface area (Å²) in [7, 11) is 3.42. The van der Waals surface area contributed by atoms with Crippen LogP contribution in [0.2, 0.25) is 0 Å². The van der Waals surface area contributed by atoms with Crippen molar-refractivity contribution in [2.45, 2.75) is 13.0 Å². The van der Waals surface area contributed by atoms with E-state index in [0.29, 0.717) is 6.54 Å². The number of carboxylic acid groups (broad SMARTS) is 1. The smallest absolute Gasteiger partial charge is 0.307 e. The van der Waals surface area contributed by atoms with Crippen molar-refractivity contribution in [3.8, 4) is 5.75 Å². The van der Waals surface area contributed by atoms with Crippen LogP contribution in [0.1, 0.15) is 11.1 Å². The normalized spacial score (nSPS) is 10.0. The molecule has 0 aliphatic heterocycles. The molecule has 2 N–H and O–H groups in total. The summed E-state index contributed by atoms with van der Waals surface area (Å²) in [6.45, 7) is 0.639. The topological polar surface area (TPSA) is 58.6 Å².